The summed E-state index contributed by atoms with van der Waals surface area (Å²) in [6.45, 7) is 5.55. The first-order valence-electron chi connectivity index (χ1n) is 8.56. The van der Waals surface area contributed by atoms with Crippen LogP contribution in [0.3, 0.4) is 0 Å². The van der Waals surface area contributed by atoms with Crippen LogP contribution >= 0.6 is 0 Å². The van der Waals surface area contributed by atoms with Gasteiger partial charge in [-0.25, -0.2) is 0 Å². The summed E-state index contributed by atoms with van der Waals surface area (Å²) in [4.78, 5) is 23.5. The van der Waals surface area contributed by atoms with Crippen LogP contribution in [0.15, 0.2) is 22.9 Å². The van der Waals surface area contributed by atoms with Gasteiger partial charge in [-0.15, -0.1) is 0 Å². The summed E-state index contributed by atoms with van der Waals surface area (Å²) in [6, 6.07) is 3.69. The van der Waals surface area contributed by atoms with E-state index in [1.54, 1.807) is 20.2 Å². The minimum absolute atomic E-state index is 0.00536. The lowest BCUT2D eigenvalue weighted by Gasteiger charge is -2.40. The summed E-state index contributed by atoms with van der Waals surface area (Å²) in [5, 5.41) is 4.15. The number of amides is 1. The topological polar surface area (TPSA) is 81.4 Å². The molecule has 3 rings (SSSR count). The Morgan fingerprint density at radius 1 is 1.40 bits per heavy atom. The molecule has 0 spiro atoms. The van der Waals surface area contributed by atoms with Gasteiger partial charge in [-0.3, -0.25) is 9.78 Å². The number of nitrogens with zero attached hydrogens (tertiary/aromatic N) is 4. The summed E-state index contributed by atoms with van der Waals surface area (Å²) in [6.07, 6.45) is 4.19. The SMILES string of the molecule is COCCC1(c2noc(C)n2)CCCN(C(=O)c2ccc(C)nc2)C1. The number of ether oxygens (including phenoxy) is 1. The molecule has 1 amide bonds. The van der Waals surface area contributed by atoms with Crippen LogP contribution < -0.4 is 0 Å². The Labute approximate surface area is 147 Å². The highest BCUT2D eigenvalue weighted by molar-refractivity contribution is 5.94. The summed E-state index contributed by atoms with van der Waals surface area (Å²) < 4.78 is 10.5. The second-order valence-corrected chi connectivity index (χ2v) is 6.68. The lowest BCUT2D eigenvalue weighted by Crippen LogP contribution is -2.49. The van der Waals surface area contributed by atoms with Crippen molar-refractivity contribution in [1.29, 1.82) is 0 Å². The summed E-state index contributed by atoms with van der Waals surface area (Å²) in [5.41, 5.74) is 1.17. The number of pyridine rings is 1. The monoisotopic (exact) mass is 344 g/mol. The highest BCUT2D eigenvalue weighted by Gasteiger charge is 2.42. The van der Waals surface area contributed by atoms with Crippen molar-refractivity contribution in [2.45, 2.75) is 38.5 Å². The van der Waals surface area contributed by atoms with Gasteiger partial charge in [0.05, 0.1) is 11.0 Å². The van der Waals surface area contributed by atoms with E-state index >= 15 is 0 Å². The van der Waals surface area contributed by atoms with Crippen molar-refractivity contribution in [3.05, 3.63) is 41.3 Å². The standard InChI is InChI=1S/C18H24N4O3/c1-13-5-6-15(11-19-13)16(23)22-9-4-7-18(12-22,8-10-24-3)17-20-14(2)25-21-17/h5-6,11H,4,7-10,12H2,1-3H3. The number of rotatable bonds is 5. The van der Waals surface area contributed by atoms with Gasteiger partial charge in [0.2, 0.25) is 5.89 Å². The van der Waals surface area contributed by atoms with Gasteiger partial charge in [0, 0.05) is 45.6 Å². The van der Waals surface area contributed by atoms with E-state index in [2.05, 4.69) is 15.1 Å². The average Bonchev–Trinajstić information content (AvgIpc) is 3.07. The summed E-state index contributed by atoms with van der Waals surface area (Å²) in [5.74, 6) is 1.20. The molecule has 0 saturated carbocycles. The van der Waals surface area contributed by atoms with Gasteiger partial charge < -0.3 is 14.2 Å². The summed E-state index contributed by atoms with van der Waals surface area (Å²) in [7, 11) is 1.68. The van der Waals surface area contributed by atoms with E-state index in [9.17, 15) is 4.79 Å². The molecule has 3 heterocycles. The van der Waals surface area contributed by atoms with Gasteiger partial charge in [-0.2, -0.15) is 4.98 Å². The van der Waals surface area contributed by atoms with Gasteiger partial charge in [-0.1, -0.05) is 5.16 Å². The molecule has 25 heavy (non-hydrogen) atoms. The maximum absolute atomic E-state index is 12.9. The Hall–Kier alpha value is -2.28. The van der Waals surface area contributed by atoms with Crippen LogP contribution in [0.25, 0.3) is 0 Å². The van der Waals surface area contributed by atoms with E-state index in [4.69, 9.17) is 9.26 Å². The number of aromatic nitrogens is 3. The smallest absolute Gasteiger partial charge is 0.255 e. The predicted octanol–water partition coefficient (Wildman–Crippen LogP) is 2.29. The van der Waals surface area contributed by atoms with E-state index in [-0.39, 0.29) is 11.3 Å². The molecule has 7 heteroatoms. The van der Waals surface area contributed by atoms with Gasteiger partial charge >= 0.3 is 0 Å². The Kier molecular flexibility index (Phi) is 5.13. The molecule has 2 aromatic rings. The van der Waals surface area contributed by atoms with Crippen molar-refractivity contribution >= 4 is 5.91 Å². The zero-order valence-electron chi connectivity index (χ0n) is 15.0. The Morgan fingerprint density at radius 3 is 2.88 bits per heavy atom. The predicted molar refractivity (Wildman–Crippen MR) is 91.3 cm³/mol. The molecule has 0 bridgehead atoms. The van der Waals surface area contributed by atoms with E-state index in [1.807, 2.05) is 24.0 Å². The average molecular weight is 344 g/mol. The van der Waals surface area contributed by atoms with Crippen molar-refractivity contribution in [3.63, 3.8) is 0 Å². The van der Waals surface area contributed by atoms with Gasteiger partial charge in [0.25, 0.3) is 5.91 Å². The van der Waals surface area contributed by atoms with E-state index in [1.165, 1.54) is 0 Å². The summed E-state index contributed by atoms with van der Waals surface area (Å²) >= 11 is 0. The van der Waals surface area contributed by atoms with Crippen LogP contribution in [-0.4, -0.2) is 52.7 Å². The van der Waals surface area contributed by atoms with Gasteiger partial charge in [0.15, 0.2) is 5.82 Å². The minimum Gasteiger partial charge on any atom is -0.385 e. The number of methoxy groups -OCH3 is 1. The molecule has 2 aromatic heterocycles. The molecule has 1 saturated heterocycles. The lowest BCUT2D eigenvalue weighted by atomic mass is 9.76. The Bertz CT molecular complexity index is 728. The number of carbonyl (C=O) groups is 1. The molecule has 1 aliphatic heterocycles. The van der Waals surface area contributed by atoms with E-state index in [0.29, 0.717) is 30.4 Å². The van der Waals surface area contributed by atoms with Gasteiger partial charge in [0.1, 0.15) is 0 Å². The number of carbonyl (C=O) groups excluding carboxylic acids is 1. The fraction of sp³-hybridized carbons (Fsp3) is 0.556. The molecule has 0 aromatic carbocycles. The van der Waals surface area contributed by atoms with Crippen LogP contribution in [-0.2, 0) is 10.2 Å². The lowest BCUT2D eigenvalue weighted by molar-refractivity contribution is 0.0566. The van der Waals surface area contributed by atoms with Crippen molar-refractivity contribution in [1.82, 2.24) is 20.0 Å². The number of piperidine rings is 1. The second kappa shape index (κ2) is 7.31. The molecule has 0 aliphatic carbocycles. The first-order chi connectivity index (χ1) is 12.0. The zero-order chi connectivity index (χ0) is 17.9. The Balaban J connectivity index is 1.85. The molecule has 1 atom stereocenters. The first-order valence-corrected chi connectivity index (χ1v) is 8.56. The number of hydrogen-bond acceptors (Lipinski definition) is 6. The third-order valence-electron chi connectivity index (χ3n) is 4.81. The van der Waals surface area contributed by atoms with Crippen molar-refractivity contribution in [2.24, 2.45) is 0 Å². The zero-order valence-corrected chi connectivity index (χ0v) is 15.0. The van der Waals surface area contributed by atoms with Crippen LogP contribution in [0.4, 0.5) is 0 Å². The third-order valence-corrected chi connectivity index (χ3v) is 4.81. The van der Waals surface area contributed by atoms with Crippen LogP contribution in [0.1, 0.15) is 47.0 Å². The van der Waals surface area contributed by atoms with Crippen LogP contribution in [0.2, 0.25) is 0 Å². The molecule has 134 valence electrons. The molecule has 1 fully saturated rings. The first kappa shape index (κ1) is 17.5. The highest BCUT2D eigenvalue weighted by Crippen LogP contribution is 2.36. The number of aryl methyl sites for hydroxylation is 2. The van der Waals surface area contributed by atoms with Crippen molar-refractivity contribution < 1.29 is 14.1 Å². The fourth-order valence-corrected chi connectivity index (χ4v) is 3.39. The van der Waals surface area contributed by atoms with E-state index in [0.717, 1.165) is 31.5 Å². The molecular weight excluding hydrogens is 320 g/mol. The maximum Gasteiger partial charge on any atom is 0.255 e. The highest BCUT2D eigenvalue weighted by atomic mass is 16.5. The molecule has 7 nitrogen and oxygen atoms in total. The van der Waals surface area contributed by atoms with Crippen molar-refractivity contribution in [3.8, 4) is 0 Å². The normalized spacial score (nSPS) is 20.7. The quantitative estimate of drug-likeness (QED) is 0.828. The van der Waals surface area contributed by atoms with Crippen molar-refractivity contribution in [2.75, 3.05) is 26.8 Å². The molecule has 0 radical (unpaired) electrons. The van der Waals surface area contributed by atoms with E-state index < -0.39 is 0 Å². The Morgan fingerprint density at radius 2 is 2.24 bits per heavy atom. The molecular formula is C18H24N4O3. The van der Waals surface area contributed by atoms with Crippen LogP contribution in [0.5, 0.6) is 0 Å². The second-order valence-electron chi connectivity index (χ2n) is 6.68. The molecule has 0 N–H and O–H groups in total. The maximum atomic E-state index is 12.9. The van der Waals surface area contributed by atoms with Crippen LogP contribution in [0, 0.1) is 13.8 Å². The largest absolute Gasteiger partial charge is 0.385 e. The number of likely N-dealkylation sites (tertiary alicyclic amines) is 1. The molecule has 1 aliphatic rings. The molecule has 1 unspecified atom stereocenters. The van der Waals surface area contributed by atoms with Gasteiger partial charge in [-0.05, 0) is 38.3 Å². The number of hydrogen-bond donors (Lipinski definition) is 0. The third kappa shape index (κ3) is 3.71. The fourth-order valence-electron chi connectivity index (χ4n) is 3.39. The minimum atomic E-state index is -0.334.